The van der Waals surface area contributed by atoms with Crippen molar-refractivity contribution in [2.75, 3.05) is 7.05 Å². The van der Waals surface area contributed by atoms with Gasteiger partial charge in [0.1, 0.15) is 0 Å². The van der Waals surface area contributed by atoms with Gasteiger partial charge in [0.05, 0.1) is 5.56 Å². The summed E-state index contributed by atoms with van der Waals surface area (Å²) in [5.74, 6) is 0. The summed E-state index contributed by atoms with van der Waals surface area (Å²) < 4.78 is 38.2. The summed E-state index contributed by atoms with van der Waals surface area (Å²) in [5.41, 5.74) is 0.0882. The van der Waals surface area contributed by atoms with Gasteiger partial charge in [0.2, 0.25) is 0 Å². The molecular formula is C15H16F3NS. The predicted molar refractivity (Wildman–Crippen MR) is 75.9 cm³/mol. The number of benzene rings is 1. The predicted octanol–water partition coefficient (Wildman–Crippen LogP) is 4.66. The van der Waals surface area contributed by atoms with Gasteiger partial charge in [-0.3, -0.25) is 0 Å². The van der Waals surface area contributed by atoms with Gasteiger partial charge >= 0.3 is 6.18 Å². The average Bonchev–Trinajstić information content (AvgIpc) is 2.92. The normalized spacial score (nSPS) is 13.4. The largest absolute Gasteiger partial charge is 0.416 e. The highest BCUT2D eigenvalue weighted by molar-refractivity contribution is 7.09. The Morgan fingerprint density at radius 2 is 2.00 bits per heavy atom. The molecule has 0 aliphatic heterocycles. The van der Waals surface area contributed by atoms with E-state index in [4.69, 9.17) is 0 Å². The minimum Gasteiger partial charge on any atom is -0.313 e. The molecule has 1 unspecified atom stereocenters. The monoisotopic (exact) mass is 299 g/mol. The molecule has 1 aromatic carbocycles. The number of hydrogen-bond donors (Lipinski definition) is 1. The molecule has 0 saturated carbocycles. The van der Waals surface area contributed by atoms with Crippen LogP contribution in [0.5, 0.6) is 0 Å². The highest BCUT2D eigenvalue weighted by Crippen LogP contribution is 2.31. The molecule has 0 saturated heterocycles. The van der Waals surface area contributed by atoms with Crippen LogP contribution in [0.4, 0.5) is 13.2 Å². The number of alkyl halides is 3. The molecular weight excluding hydrogens is 283 g/mol. The van der Waals surface area contributed by atoms with E-state index in [-0.39, 0.29) is 6.04 Å². The third kappa shape index (κ3) is 3.84. The standard InChI is InChI=1S/C15H16F3NS/c1-19-14(8-7-13-6-3-9-20-13)11-4-2-5-12(10-11)15(16,17)18/h2-6,9-10,14,19H,7-8H2,1H3. The first-order chi connectivity index (χ1) is 9.50. The van der Waals surface area contributed by atoms with E-state index in [0.717, 1.165) is 18.9 Å². The molecule has 0 aliphatic rings. The molecule has 20 heavy (non-hydrogen) atoms. The fourth-order valence-electron chi connectivity index (χ4n) is 2.15. The van der Waals surface area contributed by atoms with Crippen LogP contribution in [-0.4, -0.2) is 7.05 Å². The van der Waals surface area contributed by atoms with E-state index in [2.05, 4.69) is 5.32 Å². The van der Waals surface area contributed by atoms with Crippen molar-refractivity contribution in [3.05, 3.63) is 57.8 Å². The Bertz CT molecular complexity index is 534. The van der Waals surface area contributed by atoms with Gasteiger partial charge in [0.15, 0.2) is 0 Å². The molecule has 1 aromatic heterocycles. The van der Waals surface area contributed by atoms with E-state index in [0.29, 0.717) is 5.56 Å². The third-order valence-corrected chi connectivity index (χ3v) is 4.16. The van der Waals surface area contributed by atoms with Crippen molar-refractivity contribution in [1.82, 2.24) is 5.32 Å². The summed E-state index contributed by atoms with van der Waals surface area (Å²) in [6.07, 6.45) is -2.65. The van der Waals surface area contributed by atoms with Crippen molar-refractivity contribution in [3.63, 3.8) is 0 Å². The summed E-state index contributed by atoms with van der Waals surface area (Å²) in [6.45, 7) is 0. The molecule has 0 fully saturated rings. The Morgan fingerprint density at radius 3 is 2.60 bits per heavy atom. The van der Waals surface area contributed by atoms with Crippen LogP contribution in [0.2, 0.25) is 0 Å². The maximum absolute atomic E-state index is 12.7. The second kappa shape index (κ2) is 6.41. The van der Waals surface area contributed by atoms with Crippen molar-refractivity contribution in [1.29, 1.82) is 0 Å². The van der Waals surface area contributed by atoms with Crippen molar-refractivity contribution in [3.8, 4) is 0 Å². The Balaban J connectivity index is 2.11. The van der Waals surface area contributed by atoms with E-state index < -0.39 is 11.7 Å². The Morgan fingerprint density at radius 1 is 1.20 bits per heavy atom. The molecule has 0 amide bonds. The Kier molecular flexibility index (Phi) is 4.83. The second-order valence-corrected chi connectivity index (χ2v) is 5.61. The van der Waals surface area contributed by atoms with E-state index in [9.17, 15) is 13.2 Å². The van der Waals surface area contributed by atoms with Gasteiger partial charge in [-0.05, 0) is 49.0 Å². The lowest BCUT2D eigenvalue weighted by Gasteiger charge is -2.18. The average molecular weight is 299 g/mol. The number of nitrogens with one attached hydrogen (secondary N) is 1. The lowest BCUT2D eigenvalue weighted by molar-refractivity contribution is -0.137. The molecule has 1 nitrogen and oxygen atoms in total. The Labute approximate surface area is 120 Å². The number of aryl methyl sites for hydroxylation is 1. The van der Waals surface area contributed by atoms with Crippen molar-refractivity contribution < 1.29 is 13.2 Å². The molecule has 0 aliphatic carbocycles. The van der Waals surface area contributed by atoms with Gasteiger partial charge in [-0.25, -0.2) is 0 Å². The first-order valence-electron chi connectivity index (χ1n) is 6.37. The minimum atomic E-state index is -4.29. The van der Waals surface area contributed by atoms with Crippen LogP contribution in [-0.2, 0) is 12.6 Å². The number of halogens is 3. The molecule has 1 N–H and O–H groups in total. The molecule has 2 aromatic rings. The first-order valence-corrected chi connectivity index (χ1v) is 7.25. The van der Waals surface area contributed by atoms with Gasteiger partial charge < -0.3 is 5.32 Å². The van der Waals surface area contributed by atoms with Crippen LogP contribution in [0.25, 0.3) is 0 Å². The zero-order valence-corrected chi connectivity index (χ0v) is 11.9. The Hall–Kier alpha value is -1.33. The van der Waals surface area contributed by atoms with Crippen LogP contribution in [0.3, 0.4) is 0 Å². The second-order valence-electron chi connectivity index (χ2n) is 4.58. The first kappa shape index (κ1) is 15.1. The van der Waals surface area contributed by atoms with Crippen LogP contribution >= 0.6 is 11.3 Å². The zero-order valence-electron chi connectivity index (χ0n) is 11.1. The molecule has 0 bridgehead atoms. The van der Waals surface area contributed by atoms with Crippen LogP contribution in [0.15, 0.2) is 41.8 Å². The van der Waals surface area contributed by atoms with Crippen LogP contribution in [0, 0.1) is 0 Å². The minimum absolute atomic E-state index is 0.0700. The SMILES string of the molecule is CNC(CCc1cccs1)c1cccc(C(F)(F)F)c1. The van der Waals surface area contributed by atoms with Crippen LogP contribution in [0.1, 0.15) is 28.5 Å². The highest BCUT2D eigenvalue weighted by Gasteiger charge is 2.30. The van der Waals surface area contributed by atoms with Crippen molar-refractivity contribution in [2.24, 2.45) is 0 Å². The zero-order chi connectivity index (χ0) is 14.6. The molecule has 2 rings (SSSR count). The van der Waals surface area contributed by atoms with E-state index in [1.165, 1.54) is 17.0 Å². The van der Waals surface area contributed by atoms with Crippen molar-refractivity contribution >= 4 is 11.3 Å². The maximum Gasteiger partial charge on any atom is 0.416 e. The van der Waals surface area contributed by atoms with E-state index in [1.807, 2.05) is 17.5 Å². The molecule has 1 heterocycles. The van der Waals surface area contributed by atoms with Gasteiger partial charge in [0.25, 0.3) is 0 Å². The van der Waals surface area contributed by atoms with E-state index >= 15 is 0 Å². The van der Waals surface area contributed by atoms with Gasteiger partial charge in [0, 0.05) is 10.9 Å². The number of hydrogen-bond acceptors (Lipinski definition) is 2. The number of thiophene rings is 1. The quantitative estimate of drug-likeness (QED) is 0.846. The van der Waals surface area contributed by atoms with Crippen molar-refractivity contribution in [2.45, 2.75) is 25.1 Å². The molecule has 0 spiro atoms. The number of rotatable bonds is 5. The lowest BCUT2D eigenvalue weighted by atomic mass is 9.99. The summed E-state index contributed by atoms with van der Waals surface area (Å²) in [5, 5.41) is 5.10. The van der Waals surface area contributed by atoms with Gasteiger partial charge in [-0.1, -0.05) is 18.2 Å². The fraction of sp³-hybridized carbons (Fsp3) is 0.333. The molecule has 5 heteroatoms. The topological polar surface area (TPSA) is 12.0 Å². The smallest absolute Gasteiger partial charge is 0.313 e. The van der Waals surface area contributed by atoms with Gasteiger partial charge in [-0.2, -0.15) is 13.2 Å². The third-order valence-electron chi connectivity index (χ3n) is 3.22. The fourth-order valence-corrected chi connectivity index (χ4v) is 2.88. The summed E-state index contributed by atoms with van der Waals surface area (Å²) in [6, 6.07) is 9.51. The summed E-state index contributed by atoms with van der Waals surface area (Å²) in [4.78, 5) is 1.25. The lowest BCUT2D eigenvalue weighted by Crippen LogP contribution is -2.18. The van der Waals surface area contributed by atoms with E-state index in [1.54, 1.807) is 24.5 Å². The molecule has 108 valence electrons. The maximum atomic E-state index is 12.7. The highest BCUT2D eigenvalue weighted by atomic mass is 32.1. The van der Waals surface area contributed by atoms with Gasteiger partial charge in [-0.15, -0.1) is 11.3 Å². The summed E-state index contributed by atoms with van der Waals surface area (Å²) >= 11 is 1.67. The summed E-state index contributed by atoms with van der Waals surface area (Å²) in [7, 11) is 1.78. The molecule has 1 atom stereocenters. The van der Waals surface area contributed by atoms with Crippen LogP contribution < -0.4 is 5.32 Å². The molecule has 0 radical (unpaired) electrons.